The van der Waals surface area contributed by atoms with Crippen LogP contribution in [0.3, 0.4) is 0 Å². The van der Waals surface area contributed by atoms with E-state index in [1.54, 1.807) is 7.11 Å². The van der Waals surface area contributed by atoms with Gasteiger partial charge in [0.1, 0.15) is 0 Å². The van der Waals surface area contributed by atoms with Crippen LogP contribution in [0.1, 0.15) is 104 Å². The molecule has 0 saturated carbocycles. The van der Waals surface area contributed by atoms with Crippen LogP contribution in [0.4, 0.5) is 0 Å². The van der Waals surface area contributed by atoms with Gasteiger partial charge in [-0.25, -0.2) is 0 Å². The molecule has 0 aromatic carbocycles. The van der Waals surface area contributed by atoms with Gasteiger partial charge in [0.25, 0.3) is 0 Å². The number of methoxy groups -OCH3 is 1. The zero-order chi connectivity index (χ0) is 19.7. The molecular formula is C22H42O4. The Hall–Kier alpha value is -0.870. The molecule has 1 unspecified atom stereocenters. The molecule has 0 rings (SSSR count). The zero-order valence-electron chi connectivity index (χ0n) is 17.6. The molecule has 0 aromatic heterocycles. The molecule has 0 bridgehead atoms. The van der Waals surface area contributed by atoms with Gasteiger partial charge in [-0.1, -0.05) is 50.7 Å². The fourth-order valence-electron chi connectivity index (χ4n) is 3.32. The smallest absolute Gasteiger partial charge is 0.303 e. The Morgan fingerprint density at radius 2 is 1.50 bits per heavy atom. The monoisotopic (exact) mass is 370 g/mol. The number of carboxylic acid groups (broad SMARTS) is 1. The Morgan fingerprint density at radius 1 is 0.962 bits per heavy atom. The van der Waals surface area contributed by atoms with E-state index in [0.29, 0.717) is 12.8 Å². The third-order valence-corrected chi connectivity index (χ3v) is 4.68. The van der Waals surface area contributed by atoms with Crippen molar-refractivity contribution in [2.75, 3.05) is 7.11 Å². The molecule has 0 aromatic rings. The van der Waals surface area contributed by atoms with Crippen LogP contribution in [0.5, 0.6) is 0 Å². The summed E-state index contributed by atoms with van der Waals surface area (Å²) in [5.41, 5.74) is 0. The second-order valence-corrected chi connectivity index (χ2v) is 7.46. The van der Waals surface area contributed by atoms with Crippen LogP contribution >= 0.6 is 0 Å². The summed E-state index contributed by atoms with van der Waals surface area (Å²) in [5.74, 6) is -1.39. The normalized spacial score (nSPS) is 14.2. The number of hydrogen-bond acceptors (Lipinski definition) is 3. The number of ether oxygens (including phenoxy) is 2. The molecule has 4 heteroatoms. The highest BCUT2D eigenvalue weighted by Crippen LogP contribution is 2.29. The molecule has 0 aliphatic carbocycles. The van der Waals surface area contributed by atoms with Crippen LogP contribution in [0.15, 0.2) is 12.2 Å². The third-order valence-electron chi connectivity index (χ3n) is 4.68. The summed E-state index contributed by atoms with van der Waals surface area (Å²) in [4.78, 5) is 10.8. The molecular weight excluding hydrogens is 328 g/mol. The minimum Gasteiger partial charge on any atom is -0.481 e. The lowest BCUT2D eigenvalue weighted by Crippen LogP contribution is -2.37. The van der Waals surface area contributed by atoms with Crippen molar-refractivity contribution in [3.05, 3.63) is 12.2 Å². The topological polar surface area (TPSA) is 55.8 Å². The lowest BCUT2D eigenvalue weighted by atomic mass is 9.99. The fourth-order valence-corrected chi connectivity index (χ4v) is 3.32. The van der Waals surface area contributed by atoms with E-state index < -0.39 is 11.8 Å². The third kappa shape index (κ3) is 14.3. The molecule has 1 atom stereocenters. The van der Waals surface area contributed by atoms with Gasteiger partial charge in [0, 0.05) is 26.4 Å². The van der Waals surface area contributed by atoms with Crippen LogP contribution in [0, 0.1) is 0 Å². The van der Waals surface area contributed by atoms with Crippen molar-refractivity contribution in [3.63, 3.8) is 0 Å². The van der Waals surface area contributed by atoms with Gasteiger partial charge >= 0.3 is 5.97 Å². The van der Waals surface area contributed by atoms with Gasteiger partial charge in [-0.3, -0.25) is 4.79 Å². The lowest BCUT2D eigenvalue weighted by molar-refractivity contribution is -0.248. The number of aliphatic carboxylic acids is 1. The Labute approximate surface area is 161 Å². The van der Waals surface area contributed by atoms with Gasteiger partial charge in [0.2, 0.25) is 0 Å². The van der Waals surface area contributed by atoms with E-state index in [-0.39, 0.29) is 12.5 Å². The molecule has 0 heterocycles. The van der Waals surface area contributed by atoms with E-state index in [0.717, 1.165) is 12.8 Å². The van der Waals surface area contributed by atoms with E-state index in [1.807, 2.05) is 13.8 Å². The number of carboxylic acids is 1. The Bertz CT molecular complexity index is 365. The minimum atomic E-state index is -0.759. The Morgan fingerprint density at radius 3 is 2.00 bits per heavy atom. The van der Waals surface area contributed by atoms with Crippen LogP contribution in [-0.4, -0.2) is 30.1 Å². The highest BCUT2D eigenvalue weighted by Gasteiger charge is 2.31. The first-order valence-corrected chi connectivity index (χ1v) is 10.5. The van der Waals surface area contributed by atoms with Gasteiger partial charge in [-0.05, 0) is 46.5 Å². The fraction of sp³-hybridized carbons (Fsp3) is 0.864. The number of carbonyl (C=O) groups is 1. The number of allylic oxidation sites excluding steroid dienone is 2. The van der Waals surface area contributed by atoms with Crippen molar-refractivity contribution in [3.8, 4) is 0 Å². The molecule has 0 spiro atoms. The highest BCUT2D eigenvalue weighted by atomic mass is 16.7. The van der Waals surface area contributed by atoms with Gasteiger partial charge < -0.3 is 14.6 Å². The van der Waals surface area contributed by atoms with E-state index in [2.05, 4.69) is 19.1 Å². The molecule has 0 saturated heterocycles. The van der Waals surface area contributed by atoms with Crippen LogP contribution in [0.2, 0.25) is 0 Å². The summed E-state index contributed by atoms with van der Waals surface area (Å²) < 4.78 is 11.7. The van der Waals surface area contributed by atoms with Gasteiger partial charge in [0.05, 0.1) is 6.10 Å². The molecule has 0 aliphatic rings. The van der Waals surface area contributed by atoms with Crippen molar-refractivity contribution >= 4 is 5.97 Å². The van der Waals surface area contributed by atoms with Gasteiger partial charge in [-0.15, -0.1) is 0 Å². The molecule has 154 valence electrons. The maximum absolute atomic E-state index is 10.8. The summed E-state index contributed by atoms with van der Waals surface area (Å²) in [6, 6.07) is 0. The average molecular weight is 371 g/mol. The number of unbranched alkanes of at least 4 members (excludes halogenated alkanes) is 8. The van der Waals surface area contributed by atoms with E-state index in [1.165, 1.54) is 51.4 Å². The molecule has 0 fully saturated rings. The maximum atomic E-state index is 10.8. The Balaban J connectivity index is 3.95. The highest BCUT2D eigenvalue weighted by molar-refractivity contribution is 5.66. The second kappa shape index (κ2) is 16.3. The summed E-state index contributed by atoms with van der Waals surface area (Å²) in [7, 11) is 1.68. The first-order chi connectivity index (χ1) is 12.5. The first kappa shape index (κ1) is 25.1. The van der Waals surface area contributed by atoms with Crippen molar-refractivity contribution in [2.45, 2.75) is 116 Å². The van der Waals surface area contributed by atoms with E-state index in [4.69, 9.17) is 14.6 Å². The number of hydrogen-bond donors (Lipinski definition) is 1. The molecule has 0 radical (unpaired) electrons. The van der Waals surface area contributed by atoms with E-state index in [9.17, 15) is 4.79 Å². The summed E-state index contributed by atoms with van der Waals surface area (Å²) in [6.45, 7) is 6.08. The summed E-state index contributed by atoms with van der Waals surface area (Å²) in [6.07, 6.45) is 18.0. The SMILES string of the molecule is C/C=C/CCCCCCCCCCC(CCCC(=O)O)(OC)OC(C)C. The van der Waals surface area contributed by atoms with Crippen molar-refractivity contribution in [1.29, 1.82) is 0 Å². The van der Waals surface area contributed by atoms with Crippen LogP contribution in [-0.2, 0) is 14.3 Å². The van der Waals surface area contributed by atoms with Crippen LogP contribution in [0.25, 0.3) is 0 Å². The molecule has 0 amide bonds. The van der Waals surface area contributed by atoms with Crippen molar-refractivity contribution in [2.24, 2.45) is 0 Å². The molecule has 0 aliphatic heterocycles. The van der Waals surface area contributed by atoms with Gasteiger partial charge in [-0.2, -0.15) is 0 Å². The van der Waals surface area contributed by atoms with E-state index >= 15 is 0 Å². The maximum Gasteiger partial charge on any atom is 0.303 e. The summed E-state index contributed by atoms with van der Waals surface area (Å²) in [5, 5.41) is 8.86. The summed E-state index contributed by atoms with van der Waals surface area (Å²) >= 11 is 0. The molecule has 26 heavy (non-hydrogen) atoms. The number of rotatable bonds is 18. The molecule has 1 N–H and O–H groups in total. The zero-order valence-corrected chi connectivity index (χ0v) is 17.6. The Kier molecular flexibility index (Phi) is 15.8. The molecule has 4 nitrogen and oxygen atoms in total. The average Bonchev–Trinajstić information content (AvgIpc) is 2.58. The predicted octanol–water partition coefficient (Wildman–Crippen LogP) is 6.49. The van der Waals surface area contributed by atoms with Crippen molar-refractivity contribution in [1.82, 2.24) is 0 Å². The van der Waals surface area contributed by atoms with Gasteiger partial charge in [0.15, 0.2) is 5.79 Å². The lowest BCUT2D eigenvalue weighted by Gasteiger charge is -2.34. The second-order valence-electron chi connectivity index (χ2n) is 7.46. The largest absolute Gasteiger partial charge is 0.481 e. The van der Waals surface area contributed by atoms with Crippen LogP contribution < -0.4 is 0 Å². The first-order valence-electron chi connectivity index (χ1n) is 10.5. The standard InChI is InChI=1S/C22H42O4/c1-5-6-7-8-9-10-11-12-13-14-15-18-22(25-4,26-20(2)3)19-16-17-21(23)24/h5-6,20H,7-19H2,1-4H3,(H,23,24)/b6-5+. The van der Waals surface area contributed by atoms with Crippen molar-refractivity contribution < 1.29 is 19.4 Å². The predicted molar refractivity (Wildman–Crippen MR) is 108 cm³/mol. The minimum absolute atomic E-state index is 0.0716. The quantitative estimate of drug-likeness (QED) is 0.170.